The zero-order valence-electron chi connectivity index (χ0n) is 11.5. The van der Waals surface area contributed by atoms with E-state index in [9.17, 15) is 9.90 Å². The van der Waals surface area contributed by atoms with E-state index in [0.717, 1.165) is 10.9 Å². The third-order valence-corrected chi connectivity index (χ3v) is 3.79. The molecule has 1 amide bonds. The number of rotatable bonds is 2. The van der Waals surface area contributed by atoms with E-state index in [1.165, 1.54) is 0 Å². The quantitative estimate of drug-likeness (QED) is 0.910. The Hall–Kier alpha value is -2.01. The highest BCUT2D eigenvalue weighted by atomic mass is 16.5. The van der Waals surface area contributed by atoms with E-state index in [4.69, 9.17) is 9.15 Å². The Morgan fingerprint density at radius 3 is 2.95 bits per heavy atom. The number of amides is 1. The van der Waals surface area contributed by atoms with Gasteiger partial charge in [0, 0.05) is 30.1 Å². The highest BCUT2D eigenvalue weighted by molar-refractivity contribution is 5.99. The summed E-state index contributed by atoms with van der Waals surface area (Å²) in [7, 11) is 1.59. The van der Waals surface area contributed by atoms with Crippen LogP contribution in [-0.2, 0) is 0 Å². The summed E-state index contributed by atoms with van der Waals surface area (Å²) in [5.74, 6) is 0.887. The van der Waals surface area contributed by atoms with Gasteiger partial charge in [0.25, 0.3) is 5.91 Å². The summed E-state index contributed by atoms with van der Waals surface area (Å²) in [5, 5.41) is 10.4. The summed E-state index contributed by atoms with van der Waals surface area (Å²) in [5.41, 5.74) is 1.47. The first-order valence-electron chi connectivity index (χ1n) is 6.64. The van der Waals surface area contributed by atoms with Gasteiger partial charge in [0.1, 0.15) is 11.3 Å². The van der Waals surface area contributed by atoms with Crippen LogP contribution in [0.4, 0.5) is 0 Å². The van der Waals surface area contributed by atoms with Crippen molar-refractivity contribution in [3.8, 4) is 5.75 Å². The SMILES string of the molecule is COc1ccc2c(C)c(C(=O)N3CC[C@H](O)C3)oc2c1. The molecule has 3 rings (SSSR count). The number of β-amino-alcohol motifs (C(OH)–C–C–N with tert-alkyl or cyclic N) is 1. The van der Waals surface area contributed by atoms with Crippen LogP contribution in [0.1, 0.15) is 22.5 Å². The summed E-state index contributed by atoms with van der Waals surface area (Å²) in [6.45, 7) is 2.82. The van der Waals surface area contributed by atoms with Gasteiger partial charge in [-0.05, 0) is 25.5 Å². The number of likely N-dealkylation sites (tertiary alicyclic amines) is 1. The summed E-state index contributed by atoms with van der Waals surface area (Å²) < 4.78 is 10.9. The number of methoxy groups -OCH3 is 1. The van der Waals surface area contributed by atoms with Crippen molar-refractivity contribution in [2.24, 2.45) is 0 Å². The predicted octanol–water partition coefficient (Wildman–Crippen LogP) is 1.96. The highest BCUT2D eigenvalue weighted by Gasteiger charge is 2.29. The van der Waals surface area contributed by atoms with Crippen molar-refractivity contribution in [3.63, 3.8) is 0 Å². The van der Waals surface area contributed by atoms with E-state index in [0.29, 0.717) is 36.6 Å². The Bertz CT molecular complexity index is 661. The second-order valence-electron chi connectivity index (χ2n) is 5.11. The van der Waals surface area contributed by atoms with Gasteiger partial charge in [-0.25, -0.2) is 0 Å². The lowest BCUT2D eigenvalue weighted by Crippen LogP contribution is -2.29. The van der Waals surface area contributed by atoms with E-state index < -0.39 is 6.10 Å². The zero-order chi connectivity index (χ0) is 14.3. The standard InChI is InChI=1S/C15H17NO4/c1-9-12-4-3-11(19-2)7-13(12)20-14(9)15(18)16-6-5-10(17)8-16/h3-4,7,10,17H,5-6,8H2,1-2H3/t10-/m0/s1. The first kappa shape index (κ1) is 13.0. The zero-order valence-corrected chi connectivity index (χ0v) is 11.5. The molecule has 1 fully saturated rings. The maximum atomic E-state index is 12.4. The number of hydrogen-bond acceptors (Lipinski definition) is 4. The van der Waals surface area contributed by atoms with Gasteiger partial charge in [-0.1, -0.05) is 0 Å². The molecule has 5 nitrogen and oxygen atoms in total. The van der Waals surface area contributed by atoms with Crippen LogP contribution >= 0.6 is 0 Å². The minimum absolute atomic E-state index is 0.158. The van der Waals surface area contributed by atoms with Crippen LogP contribution in [0.5, 0.6) is 5.75 Å². The molecule has 0 bridgehead atoms. The Labute approximate surface area is 116 Å². The molecule has 106 valence electrons. The van der Waals surface area contributed by atoms with Crippen LogP contribution in [0.2, 0.25) is 0 Å². The first-order chi connectivity index (χ1) is 9.60. The maximum Gasteiger partial charge on any atom is 0.289 e. The molecule has 1 aromatic carbocycles. The van der Waals surface area contributed by atoms with Gasteiger partial charge in [-0.15, -0.1) is 0 Å². The number of fused-ring (bicyclic) bond motifs is 1. The van der Waals surface area contributed by atoms with Crippen LogP contribution in [0, 0.1) is 6.92 Å². The topological polar surface area (TPSA) is 62.9 Å². The molecule has 20 heavy (non-hydrogen) atoms. The van der Waals surface area contributed by atoms with Crippen LogP contribution < -0.4 is 4.74 Å². The maximum absolute atomic E-state index is 12.4. The smallest absolute Gasteiger partial charge is 0.289 e. The molecule has 0 saturated carbocycles. The summed E-state index contributed by atoms with van der Waals surface area (Å²) in [6.07, 6.45) is 0.197. The van der Waals surface area contributed by atoms with Crippen molar-refractivity contribution in [2.45, 2.75) is 19.4 Å². The monoisotopic (exact) mass is 275 g/mol. The third-order valence-electron chi connectivity index (χ3n) is 3.79. The lowest BCUT2D eigenvalue weighted by molar-refractivity contribution is 0.0735. The van der Waals surface area contributed by atoms with E-state index in [1.807, 2.05) is 19.1 Å². The summed E-state index contributed by atoms with van der Waals surface area (Å²) in [4.78, 5) is 14.1. The molecule has 1 atom stereocenters. The van der Waals surface area contributed by atoms with Crippen LogP contribution in [0.25, 0.3) is 11.0 Å². The Morgan fingerprint density at radius 1 is 1.50 bits per heavy atom. The lowest BCUT2D eigenvalue weighted by Gasteiger charge is -2.13. The lowest BCUT2D eigenvalue weighted by atomic mass is 10.1. The van der Waals surface area contributed by atoms with Crippen LogP contribution in [0.15, 0.2) is 22.6 Å². The van der Waals surface area contributed by atoms with Crippen molar-refractivity contribution in [1.29, 1.82) is 0 Å². The summed E-state index contributed by atoms with van der Waals surface area (Å²) in [6, 6.07) is 5.51. The van der Waals surface area contributed by atoms with E-state index in [2.05, 4.69) is 0 Å². The van der Waals surface area contributed by atoms with Crippen LogP contribution in [0.3, 0.4) is 0 Å². The Kier molecular flexibility index (Phi) is 3.14. The van der Waals surface area contributed by atoms with E-state index >= 15 is 0 Å². The number of aliphatic hydroxyl groups excluding tert-OH is 1. The minimum Gasteiger partial charge on any atom is -0.497 e. The van der Waals surface area contributed by atoms with Gasteiger partial charge < -0.3 is 19.2 Å². The molecule has 1 N–H and O–H groups in total. The Morgan fingerprint density at radius 2 is 2.30 bits per heavy atom. The van der Waals surface area contributed by atoms with Gasteiger partial charge in [-0.3, -0.25) is 4.79 Å². The third kappa shape index (κ3) is 2.04. The fourth-order valence-corrected chi connectivity index (χ4v) is 2.61. The van der Waals surface area contributed by atoms with Gasteiger partial charge in [-0.2, -0.15) is 0 Å². The molecule has 1 aliphatic heterocycles. The second kappa shape index (κ2) is 4.83. The number of hydrogen-bond donors (Lipinski definition) is 1. The molecule has 0 unspecified atom stereocenters. The number of carbonyl (C=O) groups excluding carboxylic acids is 1. The van der Waals surface area contributed by atoms with Crippen LogP contribution in [-0.4, -0.2) is 42.2 Å². The van der Waals surface area contributed by atoms with Crippen molar-refractivity contribution in [1.82, 2.24) is 4.90 Å². The molecule has 5 heteroatoms. The first-order valence-corrected chi connectivity index (χ1v) is 6.64. The summed E-state index contributed by atoms with van der Waals surface area (Å²) >= 11 is 0. The number of ether oxygens (including phenoxy) is 1. The van der Waals surface area contributed by atoms with E-state index in [1.54, 1.807) is 18.1 Å². The number of benzene rings is 1. The normalized spacial score (nSPS) is 18.8. The highest BCUT2D eigenvalue weighted by Crippen LogP contribution is 2.29. The average Bonchev–Trinajstić information content (AvgIpc) is 3.02. The molecule has 1 saturated heterocycles. The predicted molar refractivity (Wildman–Crippen MR) is 74.0 cm³/mol. The molecule has 0 spiro atoms. The fraction of sp³-hybridized carbons (Fsp3) is 0.400. The van der Waals surface area contributed by atoms with Crippen molar-refractivity contribution in [3.05, 3.63) is 29.5 Å². The molecular weight excluding hydrogens is 258 g/mol. The fourth-order valence-electron chi connectivity index (χ4n) is 2.61. The van der Waals surface area contributed by atoms with Gasteiger partial charge in [0.2, 0.25) is 0 Å². The molecule has 1 aliphatic rings. The number of aliphatic hydroxyl groups is 1. The molecule has 0 radical (unpaired) electrons. The van der Waals surface area contributed by atoms with Gasteiger partial charge in [0.05, 0.1) is 13.2 Å². The molecule has 2 heterocycles. The molecule has 2 aromatic rings. The molecular formula is C15H17NO4. The number of aryl methyl sites for hydroxylation is 1. The Balaban J connectivity index is 1.99. The van der Waals surface area contributed by atoms with Crippen molar-refractivity contribution in [2.75, 3.05) is 20.2 Å². The number of furan rings is 1. The second-order valence-corrected chi connectivity index (χ2v) is 5.11. The number of carbonyl (C=O) groups is 1. The van der Waals surface area contributed by atoms with Gasteiger partial charge >= 0.3 is 0 Å². The van der Waals surface area contributed by atoms with E-state index in [-0.39, 0.29) is 5.91 Å². The van der Waals surface area contributed by atoms with Crippen molar-refractivity contribution >= 4 is 16.9 Å². The molecule has 0 aliphatic carbocycles. The number of nitrogens with zero attached hydrogens (tertiary/aromatic N) is 1. The largest absolute Gasteiger partial charge is 0.497 e. The minimum atomic E-state index is -0.427. The van der Waals surface area contributed by atoms with Gasteiger partial charge in [0.15, 0.2) is 5.76 Å². The molecule has 1 aromatic heterocycles. The average molecular weight is 275 g/mol. The van der Waals surface area contributed by atoms with Crippen molar-refractivity contribution < 1.29 is 19.1 Å².